The first-order valence-electron chi connectivity index (χ1n) is 6.07. The third kappa shape index (κ3) is 3.51. The van der Waals surface area contributed by atoms with Crippen LogP contribution in [0.1, 0.15) is 29.7 Å². The molecule has 3 nitrogen and oxygen atoms in total. The standard InChI is InChI=1S/C15H16FNO2/c1-10-5-12(8-17-7-10)9-19-15-6-13(16)3-4-14(15)11(2)18/h3-8,11,18H,9H2,1-2H3. The van der Waals surface area contributed by atoms with Crippen LogP contribution in [-0.2, 0) is 6.61 Å². The summed E-state index contributed by atoms with van der Waals surface area (Å²) in [6.45, 7) is 3.85. The van der Waals surface area contributed by atoms with E-state index in [-0.39, 0.29) is 12.4 Å². The van der Waals surface area contributed by atoms with E-state index < -0.39 is 6.10 Å². The predicted molar refractivity (Wildman–Crippen MR) is 70.3 cm³/mol. The Morgan fingerprint density at radius 1 is 1.32 bits per heavy atom. The van der Waals surface area contributed by atoms with Crippen LogP contribution in [0.25, 0.3) is 0 Å². The molecular formula is C15H16FNO2. The van der Waals surface area contributed by atoms with E-state index in [1.54, 1.807) is 19.3 Å². The summed E-state index contributed by atoms with van der Waals surface area (Å²) in [6, 6.07) is 6.08. The van der Waals surface area contributed by atoms with Crippen molar-refractivity contribution in [3.05, 3.63) is 59.2 Å². The largest absolute Gasteiger partial charge is 0.488 e. The van der Waals surface area contributed by atoms with E-state index in [1.165, 1.54) is 18.2 Å². The fraction of sp³-hybridized carbons (Fsp3) is 0.267. The third-order valence-corrected chi connectivity index (χ3v) is 2.75. The van der Waals surface area contributed by atoms with Crippen molar-refractivity contribution in [3.8, 4) is 5.75 Å². The fourth-order valence-electron chi connectivity index (χ4n) is 1.84. The smallest absolute Gasteiger partial charge is 0.128 e. The lowest BCUT2D eigenvalue weighted by Gasteiger charge is -2.13. The first-order valence-corrected chi connectivity index (χ1v) is 6.07. The minimum Gasteiger partial charge on any atom is -0.488 e. The van der Waals surface area contributed by atoms with Gasteiger partial charge in [-0.15, -0.1) is 0 Å². The van der Waals surface area contributed by atoms with Gasteiger partial charge in [0.15, 0.2) is 0 Å². The summed E-state index contributed by atoms with van der Waals surface area (Å²) in [7, 11) is 0. The van der Waals surface area contributed by atoms with E-state index >= 15 is 0 Å². The van der Waals surface area contributed by atoms with Gasteiger partial charge in [-0.25, -0.2) is 4.39 Å². The Bertz CT molecular complexity index is 570. The van der Waals surface area contributed by atoms with Crippen molar-refractivity contribution in [2.75, 3.05) is 0 Å². The molecule has 0 bridgehead atoms. The van der Waals surface area contributed by atoms with E-state index in [4.69, 9.17) is 4.74 Å². The van der Waals surface area contributed by atoms with Gasteiger partial charge in [0, 0.05) is 29.6 Å². The quantitative estimate of drug-likeness (QED) is 0.919. The van der Waals surface area contributed by atoms with Crippen molar-refractivity contribution >= 4 is 0 Å². The van der Waals surface area contributed by atoms with Gasteiger partial charge in [0.05, 0.1) is 6.10 Å². The zero-order valence-corrected chi connectivity index (χ0v) is 10.9. The highest BCUT2D eigenvalue weighted by Crippen LogP contribution is 2.26. The third-order valence-electron chi connectivity index (χ3n) is 2.75. The molecule has 0 aliphatic carbocycles. The summed E-state index contributed by atoms with van der Waals surface area (Å²) < 4.78 is 18.8. The van der Waals surface area contributed by atoms with Gasteiger partial charge in [0.2, 0.25) is 0 Å². The van der Waals surface area contributed by atoms with Crippen molar-refractivity contribution in [2.24, 2.45) is 0 Å². The average Bonchev–Trinajstić information content (AvgIpc) is 2.36. The summed E-state index contributed by atoms with van der Waals surface area (Å²) in [5, 5.41) is 9.62. The number of benzene rings is 1. The summed E-state index contributed by atoms with van der Waals surface area (Å²) in [5.41, 5.74) is 2.51. The number of pyridine rings is 1. The minimum absolute atomic E-state index is 0.290. The van der Waals surface area contributed by atoms with Gasteiger partial charge >= 0.3 is 0 Å². The highest BCUT2D eigenvalue weighted by atomic mass is 19.1. The fourth-order valence-corrected chi connectivity index (χ4v) is 1.84. The molecule has 19 heavy (non-hydrogen) atoms. The molecule has 0 saturated heterocycles. The van der Waals surface area contributed by atoms with Crippen LogP contribution in [-0.4, -0.2) is 10.1 Å². The number of halogens is 1. The van der Waals surface area contributed by atoms with Crippen LogP contribution in [0, 0.1) is 12.7 Å². The molecule has 2 aromatic rings. The van der Waals surface area contributed by atoms with Crippen LogP contribution in [0.2, 0.25) is 0 Å². The molecule has 1 aromatic carbocycles. The molecule has 100 valence electrons. The van der Waals surface area contributed by atoms with Gasteiger partial charge in [-0.2, -0.15) is 0 Å². The van der Waals surface area contributed by atoms with Crippen LogP contribution in [0.4, 0.5) is 4.39 Å². The summed E-state index contributed by atoms with van der Waals surface area (Å²) in [4.78, 5) is 4.07. The first kappa shape index (κ1) is 13.5. The summed E-state index contributed by atoms with van der Waals surface area (Å²) >= 11 is 0. The number of nitrogens with zero attached hydrogens (tertiary/aromatic N) is 1. The molecule has 1 heterocycles. The average molecular weight is 261 g/mol. The molecule has 1 unspecified atom stereocenters. The Labute approximate surface area is 111 Å². The number of aliphatic hydroxyl groups excluding tert-OH is 1. The van der Waals surface area contributed by atoms with Gasteiger partial charge in [-0.05, 0) is 37.6 Å². The van der Waals surface area contributed by atoms with Gasteiger partial charge < -0.3 is 9.84 Å². The maximum Gasteiger partial charge on any atom is 0.128 e. The molecular weight excluding hydrogens is 245 g/mol. The van der Waals surface area contributed by atoms with Crippen LogP contribution in [0.5, 0.6) is 5.75 Å². The number of hydrogen-bond acceptors (Lipinski definition) is 3. The van der Waals surface area contributed by atoms with Gasteiger partial charge in [-0.3, -0.25) is 4.98 Å². The Balaban J connectivity index is 2.17. The van der Waals surface area contributed by atoms with E-state index in [1.807, 2.05) is 13.0 Å². The molecule has 0 amide bonds. The van der Waals surface area contributed by atoms with Crippen molar-refractivity contribution < 1.29 is 14.2 Å². The van der Waals surface area contributed by atoms with Crippen molar-refractivity contribution in [1.29, 1.82) is 0 Å². The Morgan fingerprint density at radius 2 is 2.11 bits per heavy atom. The zero-order valence-electron chi connectivity index (χ0n) is 10.9. The molecule has 0 saturated carbocycles. The summed E-state index contributed by atoms with van der Waals surface area (Å²) in [6.07, 6.45) is 2.76. The molecule has 1 N–H and O–H groups in total. The van der Waals surface area contributed by atoms with Gasteiger partial charge in [0.1, 0.15) is 18.2 Å². The normalized spacial score (nSPS) is 12.2. The van der Waals surface area contributed by atoms with E-state index in [2.05, 4.69) is 4.98 Å². The SMILES string of the molecule is Cc1cncc(COc2cc(F)ccc2C(C)O)c1. The maximum atomic E-state index is 13.2. The van der Waals surface area contributed by atoms with Crippen LogP contribution in [0.15, 0.2) is 36.7 Å². The number of aryl methyl sites for hydroxylation is 1. The molecule has 0 fully saturated rings. The highest BCUT2D eigenvalue weighted by molar-refractivity contribution is 5.35. The van der Waals surface area contributed by atoms with E-state index in [0.29, 0.717) is 11.3 Å². The minimum atomic E-state index is -0.703. The molecule has 4 heteroatoms. The van der Waals surface area contributed by atoms with Crippen LogP contribution < -0.4 is 4.74 Å². The lowest BCUT2D eigenvalue weighted by Crippen LogP contribution is -2.02. The lowest BCUT2D eigenvalue weighted by atomic mass is 10.1. The van der Waals surface area contributed by atoms with Crippen molar-refractivity contribution in [3.63, 3.8) is 0 Å². The number of aromatic nitrogens is 1. The highest BCUT2D eigenvalue weighted by Gasteiger charge is 2.10. The second-order valence-electron chi connectivity index (χ2n) is 4.52. The molecule has 1 atom stereocenters. The van der Waals surface area contributed by atoms with E-state index in [9.17, 15) is 9.50 Å². The van der Waals surface area contributed by atoms with Gasteiger partial charge in [0.25, 0.3) is 0 Å². The van der Waals surface area contributed by atoms with Crippen LogP contribution >= 0.6 is 0 Å². The topological polar surface area (TPSA) is 42.4 Å². The molecule has 1 aromatic heterocycles. The number of rotatable bonds is 4. The molecule has 0 radical (unpaired) electrons. The summed E-state index contributed by atoms with van der Waals surface area (Å²) in [5.74, 6) is -0.0294. The van der Waals surface area contributed by atoms with Crippen molar-refractivity contribution in [1.82, 2.24) is 4.98 Å². The maximum absolute atomic E-state index is 13.2. The van der Waals surface area contributed by atoms with Crippen molar-refractivity contribution in [2.45, 2.75) is 26.6 Å². The Morgan fingerprint density at radius 3 is 2.79 bits per heavy atom. The van der Waals surface area contributed by atoms with Crippen LogP contribution in [0.3, 0.4) is 0 Å². The molecule has 0 aliphatic heterocycles. The number of hydrogen-bond donors (Lipinski definition) is 1. The molecule has 0 spiro atoms. The monoisotopic (exact) mass is 261 g/mol. The second kappa shape index (κ2) is 5.80. The number of ether oxygens (including phenoxy) is 1. The predicted octanol–water partition coefficient (Wildman–Crippen LogP) is 3.16. The Hall–Kier alpha value is -1.94. The van der Waals surface area contributed by atoms with Gasteiger partial charge in [-0.1, -0.05) is 0 Å². The number of aliphatic hydroxyl groups is 1. The zero-order chi connectivity index (χ0) is 13.8. The Kier molecular flexibility index (Phi) is 4.12. The first-order chi connectivity index (χ1) is 9.06. The second-order valence-corrected chi connectivity index (χ2v) is 4.52. The molecule has 0 aliphatic rings. The van der Waals surface area contributed by atoms with E-state index in [0.717, 1.165) is 11.1 Å². The molecule has 2 rings (SSSR count). The lowest BCUT2D eigenvalue weighted by molar-refractivity contribution is 0.190.